The van der Waals surface area contributed by atoms with E-state index in [1.807, 2.05) is 5.38 Å². The van der Waals surface area contributed by atoms with Crippen LogP contribution in [0, 0.1) is 10.1 Å². The Balaban J connectivity index is 1.55. The van der Waals surface area contributed by atoms with E-state index in [1.54, 1.807) is 22.4 Å². The highest BCUT2D eigenvalue weighted by Gasteiger charge is 2.31. The fourth-order valence-corrected chi connectivity index (χ4v) is 3.74. The summed E-state index contributed by atoms with van der Waals surface area (Å²) in [6.07, 6.45) is 1.75. The Hall–Kier alpha value is -2.88. The minimum atomic E-state index is -0.558. The van der Waals surface area contributed by atoms with Crippen molar-refractivity contribution in [1.29, 1.82) is 0 Å². The maximum Gasteiger partial charge on any atom is 0.286 e. The molecule has 3 heterocycles. The Morgan fingerprint density at radius 3 is 2.46 bits per heavy atom. The van der Waals surface area contributed by atoms with Crippen molar-refractivity contribution in [3.63, 3.8) is 0 Å². The van der Waals surface area contributed by atoms with Crippen LogP contribution in [-0.2, 0) is 0 Å². The molecule has 10 heteroatoms. The molecule has 4 rings (SSSR count). The van der Waals surface area contributed by atoms with E-state index in [4.69, 9.17) is 9.47 Å². The van der Waals surface area contributed by atoms with E-state index in [2.05, 4.69) is 9.88 Å². The SMILES string of the molecule is O=C(c1cc2c(cc1[N+](=O)[O-])OCCO2)N1CCN(c2nccs2)CC1. The highest BCUT2D eigenvalue weighted by atomic mass is 32.1. The van der Waals surface area contributed by atoms with Gasteiger partial charge in [0.1, 0.15) is 18.8 Å². The molecule has 1 aromatic carbocycles. The summed E-state index contributed by atoms with van der Waals surface area (Å²) in [6.45, 7) is 2.91. The molecule has 0 saturated carbocycles. The summed E-state index contributed by atoms with van der Waals surface area (Å²) >= 11 is 1.55. The number of carbonyl (C=O) groups is 1. The quantitative estimate of drug-likeness (QED) is 0.595. The van der Waals surface area contributed by atoms with E-state index in [1.165, 1.54) is 12.1 Å². The summed E-state index contributed by atoms with van der Waals surface area (Å²) in [6, 6.07) is 2.69. The van der Waals surface area contributed by atoms with Crippen LogP contribution in [0.5, 0.6) is 11.5 Å². The molecule has 2 aliphatic heterocycles. The van der Waals surface area contributed by atoms with Crippen molar-refractivity contribution in [2.45, 2.75) is 0 Å². The number of hydrogen-bond donors (Lipinski definition) is 0. The fourth-order valence-electron chi connectivity index (χ4n) is 3.04. The first-order valence-corrected chi connectivity index (χ1v) is 9.03. The number of amides is 1. The first kappa shape index (κ1) is 16.6. The Morgan fingerprint density at radius 2 is 1.85 bits per heavy atom. The second-order valence-corrected chi connectivity index (χ2v) is 6.74. The number of hydrogen-bond acceptors (Lipinski definition) is 8. The molecule has 0 atom stereocenters. The van der Waals surface area contributed by atoms with E-state index in [9.17, 15) is 14.9 Å². The predicted molar refractivity (Wildman–Crippen MR) is 94.3 cm³/mol. The molecular weight excluding hydrogens is 360 g/mol. The molecule has 26 heavy (non-hydrogen) atoms. The van der Waals surface area contributed by atoms with Crippen LogP contribution in [0.2, 0.25) is 0 Å². The van der Waals surface area contributed by atoms with Crippen LogP contribution >= 0.6 is 11.3 Å². The first-order chi connectivity index (χ1) is 12.6. The normalized spacial score (nSPS) is 16.5. The van der Waals surface area contributed by atoms with Crippen LogP contribution in [-0.4, -0.2) is 60.1 Å². The number of thiazole rings is 1. The van der Waals surface area contributed by atoms with Gasteiger partial charge in [0.15, 0.2) is 16.6 Å². The molecule has 0 unspecified atom stereocenters. The monoisotopic (exact) mass is 376 g/mol. The van der Waals surface area contributed by atoms with Gasteiger partial charge in [-0.15, -0.1) is 11.3 Å². The van der Waals surface area contributed by atoms with Crippen molar-refractivity contribution in [3.05, 3.63) is 39.4 Å². The van der Waals surface area contributed by atoms with Crippen LogP contribution < -0.4 is 14.4 Å². The average molecular weight is 376 g/mol. The van der Waals surface area contributed by atoms with Crippen molar-refractivity contribution in [3.8, 4) is 11.5 Å². The lowest BCUT2D eigenvalue weighted by Gasteiger charge is -2.34. The molecule has 0 N–H and O–H groups in total. The predicted octanol–water partition coefficient (Wildman–Crippen LogP) is 1.78. The summed E-state index contributed by atoms with van der Waals surface area (Å²) in [5.41, 5.74) is -0.233. The van der Waals surface area contributed by atoms with Gasteiger partial charge in [0.05, 0.1) is 11.0 Å². The van der Waals surface area contributed by atoms with Crippen LogP contribution in [0.25, 0.3) is 0 Å². The zero-order chi connectivity index (χ0) is 18.1. The van der Waals surface area contributed by atoms with E-state index >= 15 is 0 Å². The summed E-state index contributed by atoms with van der Waals surface area (Å²) in [5, 5.41) is 14.3. The summed E-state index contributed by atoms with van der Waals surface area (Å²) in [4.78, 5) is 31.8. The highest BCUT2D eigenvalue weighted by molar-refractivity contribution is 7.13. The summed E-state index contributed by atoms with van der Waals surface area (Å²) < 4.78 is 10.9. The lowest BCUT2D eigenvalue weighted by atomic mass is 10.1. The van der Waals surface area contributed by atoms with Gasteiger partial charge >= 0.3 is 0 Å². The second kappa shape index (κ2) is 6.79. The molecule has 0 bridgehead atoms. The lowest BCUT2D eigenvalue weighted by molar-refractivity contribution is -0.385. The molecule has 2 aromatic rings. The molecule has 136 valence electrons. The maximum atomic E-state index is 12.9. The van der Waals surface area contributed by atoms with Crippen molar-refractivity contribution >= 4 is 28.1 Å². The van der Waals surface area contributed by atoms with Gasteiger partial charge in [-0.3, -0.25) is 14.9 Å². The zero-order valence-corrected chi connectivity index (χ0v) is 14.6. The number of aromatic nitrogens is 1. The second-order valence-electron chi connectivity index (χ2n) is 5.86. The van der Waals surface area contributed by atoms with Gasteiger partial charge in [0, 0.05) is 43.8 Å². The number of benzene rings is 1. The molecule has 1 saturated heterocycles. The number of nitro groups is 1. The Morgan fingerprint density at radius 1 is 1.15 bits per heavy atom. The third-order valence-electron chi connectivity index (χ3n) is 4.34. The van der Waals surface area contributed by atoms with Crippen LogP contribution in [0.1, 0.15) is 10.4 Å². The van der Waals surface area contributed by atoms with Crippen LogP contribution in [0.4, 0.5) is 10.8 Å². The van der Waals surface area contributed by atoms with Gasteiger partial charge in [-0.1, -0.05) is 0 Å². The highest BCUT2D eigenvalue weighted by Crippen LogP contribution is 2.37. The number of fused-ring (bicyclic) bond motifs is 1. The average Bonchev–Trinajstić information content (AvgIpc) is 3.21. The number of rotatable bonds is 3. The molecule has 1 aromatic heterocycles. The number of nitrogens with zero attached hydrogens (tertiary/aromatic N) is 4. The van der Waals surface area contributed by atoms with E-state index in [-0.39, 0.29) is 17.2 Å². The fraction of sp³-hybridized carbons (Fsp3) is 0.375. The minimum Gasteiger partial charge on any atom is -0.486 e. The smallest absolute Gasteiger partial charge is 0.286 e. The minimum absolute atomic E-state index is 0.0296. The number of nitro benzene ring substituents is 1. The van der Waals surface area contributed by atoms with Crippen LogP contribution in [0.15, 0.2) is 23.7 Å². The standard InChI is InChI=1S/C16H16N4O5S/c21-15(18-2-4-19(5-3-18)16-17-1-8-26-16)11-9-13-14(25-7-6-24-13)10-12(11)20(22)23/h1,8-10H,2-7H2. The topological polar surface area (TPSA) is 98.0 Å². The van der Waals surface area contributed by atoms with Gasteiger partial charge in [-0.25, -0.2) is 4.98 Å². The first-order valence-electron chi connectivity index (χ1n) is 8.15. The Bertz CT molecular complexity index is 833. The lowest BCUT2D eigenvalue weighted by Crippen LogP contribution is -2.48. The third-order valence-corrected chi connectivity index (χ3v) is 5.18. The van der Waals surface area contributed by atoms with Gasteiger partial charge in [0.2, 0.25) is 0 Å². The summed E-state index contributed by atoms with van der Waals surface area (Å²) in [5.74, 6) is 0.298. The molecule has 0 aliphatic carbocycles. The van der Waals surface area contributed by atoms with Gasteiger partial charge in [0.25, 0.3) is 11.6 Å². The van der Waals surface area contributed by atoms with Crippen molar-refractivity contribution in [1.82, 2.24) is 9.88 Å². The van der Waals surface area contributed by atoms with E-state index in [0.717, 1.165) is 5.13 Å². The molecule has 0 spiro atoms. The van der Waals surface area contributed by atoms with E-state index in [0.29, 0.717) is 50.9 Å². The van der Waals surface area contributed by atoms with Gasteiger partial charge in [-0.05, 0) is 0 Å². The number of ether oxygens (including phenoxy) is 2. The van der Waals surface area contributed by atoms with Crippen molar-refractivity contribution in [2.75, 3.05) is 44.3 Å². The largest absolute Gasteiger partial charge is 0.486 e. The van der Waals surface area contributed by atoms with Crippen molar-refractivity contribution < 1.29 is 19.2 Å². The molecule has 1 amide bonds. The molecule has 0 radical (unpaired) electrons. The van der Waals surface area contributed by atoms with Crippen molar-refractivity contribution in [2.24, 2.45) is 0 Å². The summed E-state index contributed by atoms with van der Waals surface area (Å²) in [7, 11) is 0. The molecule has 9 nitrogen and oxygen atoms in total. The van der Waals surface area contributed by atoms with Crippen LogP contribution in [0.3, 0.4) is 0 Å². The number of anilines is 1. The zero-order valence-electron chi connectivity index (χ0n) is 13.8. The molecule has 1 fully saturated rings. The number of carbonyl (C=O) groups excluding carboxylic acids is 1. The van der Waals surface area contributed by atoms with Gasteiger partial charge in [-0.2, -0.15) is 0 Å². The molecule has 2 aliphatic rings. The maximum absolute atomic E-state index is 12.9. The Kier molecular flexibility index (Phi) is 4.33. The molecular formula is C16H16N4O5S. The number of piperazine rings is 1. The third kappa shape index (κ3) is 3.03. The van der Waals surface area contributed by atoms with Gasteiger partial charge < -0.3 is 19.3 Å². The van der Waals surface area contributed by atoms with E-state index < -0.39 is 4.92 Å². The Labute approximate surface area is 152 Å².